The first-order chi connectivity index (χ1) is 7.40. The molecule has 88 valence electrons. The van der Waals surface area contributed by atoms with Gasteiger partial charge in [0.2, 0.25) is 5.91 Å². The molecule has 0 bridgehead atoms. The topological polar surface area (TPSA) is 75.3 Å². The van der Waals surface area contributed by atoms with Gasteiger partial charge in [-0.1, -0.05) is 0 Å². The van der Waals surface area contributed by atoms with Crippen LogP contribution in [0.15, 0.2) is 16.6 Å². The average Bonchev–Trinajstić information content (AvgIpc) is 2.11. The Hall–Kier alpha value is -1.07. The van der Waals surface area contributed by atoms with Gasteiger partial charge in [-0.15, -0.1) is 0 Å². The van der Waals surface area contributed by atoms with Crippen LogP contribution >= 0.6 is 15.9 Å². The highest BCUT2D eigenvalue weighted by Gasteiger charge is 2.11. The lowest BCUT2D eigenvalue weighted by Gasteiger charge is -2.10. The van der Waals surface area contributed by atoms with E-state index >= 15 is 0 Å². The Morgan fingerprint density at radius 3 is 2.81 bits per heavy atom. The van der Waals surface area contributed by atoms with Crippen molar-refractivity contribution >= 4 is 27.5 Å². The molecule has 1 amide bonds. The highest BCUT2D eigenvalue weighted by molar-refractivity contribution is 9.10. The molecule has 0 radical (unpaired) electrons. The van der Waals surface area contributed by atoms with Crippen molar-refractivity contribution in [1.29, 1.82) is 0 Å². The number of carbonyl (C=O) groups is 1. The molecule has 0 saturated heterocycles. The number of phenols is 1. The van der Waals surface area contributed by atoms with Gasteiger partial charge in [0, 0.05) is 12.5 Å². The number of halogens is 1. The van der Waals surface area contributed by atoms with Crippen molar-refractivity contribution in [1.82, 2.24) is 0 Å². The highest BCUT2D eigenvalue weighted by atomic mass is 79.9. The molecular formula is C11H15BrN2O2. The van der Waals surface area contributed by atoms with Crippen LogP contribution in [0.2, 0.25) is 0 Å². The summed E-state index contributed by atoms with van der Waals surface area (Å²) in [6, 6.07) is 3.28. The van der Waals surface area contributed by atoms with Crippen molar-refractivity contribution in [3.63, 3.8) is 0 Å². The SMILES string of the molecule is Cc1cc(Br)c(O)c(NC(=O)CC(C)N)c1. The van der Waals surface area contributed by atoms with E-state index in [0.29, 0.717) is 10.2 Å². The van der Waals surface area contributed by atoms with E-state index in [2.05, 4.69) is 21.2 Å². The van der Waals surface area contributed by atoms with Crippen molar-refractivity contribution in [2.75, 3.05) is 5.32 Å². The summed E-state index contributed by atoms with van der Waals surface area (Å²) in [6.07, 6.45) is 0.227. The monoisotopic (exact) mass is 286 g/mol. The van der Waals surface area contributed by atoms with Crippen molar-refractivity contribution in [3.8, 4) is 5.75 Å². The maximum absolute atomic E-state index is 11.5. The number of hydrogen-bond donors (Lipinski definition) is 3. The number of nitrogens with two attached hydrogens (primary N) is 1. The molecular weight excluding hydrogens is 272 g/mol. The summed E-state index contributed by atoms with van der Waals surface area (Å²) in [4.78, 5) is 11.5. The largest absolute Gasteiger partial charge is 0.505 e. The molecule has 1 unspecified atom stereocenters. The van der Waals surface area contributed by atoms with Crippen LogP contribution in [0.5, 0.6) is 5.75 Å². The van der Waals surface area contributed by atoms with Crippen molar-refractivity contribution < 1.29 is 9.90 Å². The maximum Gasteiger partial charge on any atom is 0.226 e. The van der Waals surface area contributed by atoms with Crippen LogP contribution in [0.3, 0.4) is 0 Å². The number of nitrogens with one attached hydrogen (secondary N) is 1. The van der Waals surface area contributed by atoms with Crippen LogP contribution in [-0.2, 0) is 4.79 Å². The number of rotatable bonds is 3. The first kappa shape index (κ1) is 13.0. The number of anilines is 1. The molecule has 0 fully saturated rings. The highest BCUT2D eigenvalue weighted by Crippen LogP contribution is 2.33. The molecule has 1 atom stereocenters. The second-order valence-electron chi connectivity index (χ2n) is 3.87. The van der Waals surface area contributed by atoms with Crippen LogP contribution in [0.25, 0.3) is 0 Å². The van der Waals surface area contributed by atoms with E-state index in [9.17, 15) is 9.90 Å². The number of aromatic hydroxyl groups is 1. The molecule has 4 nitrogen and oxygen atoms in total. The zero-order chi connectivity index (χ0) is 12.3. The second-order valence-corrected chi connectivity index (χ2v) is 4.73. The number of amides is 1. The summed E-state index contributed by atoms with van der Waals surface area (Å²) in [5, 5.41) is 12.3. The van der Waals surface area contributed by atoms with Gasteiger partial charge >= 0.3 is 0 Å². The predicted octanol–water partition coefficient (Wildman–Crippen LogP) is 2.14. The minimum atomic E-state index is -0.206. The number of aryl methyl sites for hydroxylation is 1. The molecule has 1 rings (SSSR count). The summed E-state index contributed by atoms with van der Waals surface area (Å²) in [5.41, 5.74) is 6.86. The fourth-order valence-electron chi connectivity index (χ4n) is 1.32. The van der Waals surface area contributed by atoms with Gasteiger partial charge in [-0.05, 0) is 47.5 Å². The third-order valence-electron chi connectivity index (χ3n) is 1.99. The third-order valence-corrected chi connectivity index (χ3v) is 2.59. The molecule has 5 heteroatoms. The maximum atomic E-state index is 11.5. The van der Waals surface area contributed by atoms with E-state index < -0.39 is 0 Å². The Kier molecular flexibility index (Phi) is 4.32. The molecule has 0 spiro atoms. The van der Waals surface area contributed by atoms with Crippen LogP contribution < -0.4 is 11.1 Å². The molecule has 16 heavy (non-hydrogen) atoms. The van der Waals surface area contributed by atoms with E-state index in [1.165, 1.54) is 0 Å². The fourth-order valence-corrected chi connectivity index (χ4v) is 1.90. The lowest BCUT2D eigenvalue weighted by Crippen LogP contribution is -2.24. The van der Waals surface area contributed by atoms with Crippen LogP contribution in [0.1, 0.15) is 18.9 Å². The number of carbonyl (C=O) groups excluding carboxylic acids is 1. The van der Waals surface area contributed by atoms with Crippen LogP contribution in [0.4, 0.5) is 5.69 Å². The molecule has 0 aliphatic rings. The zero-order valence-electron chi connectivity index (χ0n) is 9.25. The second kappa shape index (κ2) is 5.32. The molecule has 4 N–H and O–H groups in total. The zero-order valence-corrected chi connectivity index (χ0v) is 10.8. The Morgan fingerprint density at radius 1 is 1.62 bits per heavy atom. The van der Waals surface area contributed by atoms with Gasteiger partial charge < -0.3 is 16.2 Å². The smallest absolute Gasteiger partial charge is 0.226 e. The van der Waals surface area contributed by atoms with Gasteiger partial charge in [-0.3, -0.25) is 4.79 Å². The predicted molar refractivity (Wildman–Crippen MR) is 67.4 cm³/mol. The Bertz CT molecular complexity index is 405. The fraction of sp³-hybridized carbons (Fsp3) is 0.364. The lowest BCUT2D eigenvalue weighted by atomic mass is 10.2. The number of phenolic OH excluding ortho intramolecular Hbond substituents is 1. The average molecular weight is 287 g/mol. The van der Waals surface area contributed by atoms with E-state index in [0.717, 1.165) is 5.56 Å². The molecule has 1 aromatic rings. The van der Waals surface area contributed by atoms with Crippen molar-refractivity contribution in [2.24, 2.45) is 5.73 Å². The van der Waals surface area contributed by atoms with Crippen molar-refractivity contribution in [2.45, 2.75) is 26.3 Å². The van der Waals surface area contributed by atoms with Gasteiger partial charge in [0.05, 0.1) is 10.2 Å². The van der Waals surface area contributed by atoms with Crippen LogP contribution in [-0.4, -0.2) is 17.1 Å². The third kappa shape index (κ3) is 3.50. The first-order valence-electron chi connectivity index (χ1n) is 4.94. The molecule has 0 saturated carbocycles. The molecule has 1 aromatic carbocycles. The van der Waals surface area contributed by atoms with Gasteiger partial charge in [-0.25, -0.2) is 0 Å². The van der Waals surface area contributed by atoms with E-state index in [1.54, 1.807) is 19.1 Å². The van der Waals surface area contributed by atoms with Gasteiger partial charge in [-0.2, -0.15) is 0 Å². The Balaban J connectivity index is 2.85. The standard InChI is InChI=1S/C11H15BrN2O2/c1-6-3-8(12)11(16)9(4-6)14-10(15)5-7(2)13/h3-4,7,16H,5,13H2,1-2H3,(H,14,15). The minimum Gasteiger partial charge on any atom is -0.505 e. The molecule has 0 aromatic heterocycles. The lowest BCUT2D eigenvalue weighted by molar-refractivity contribution is -0.116. The van der Waals surface area contributed by atoms with E-state index in [4.69, 9.17) is 5.73 Å². The van der Waals surface area contributed by atoms with Crippen LogP contribution in [0, 0.1) is 6.92 Å². The molecule has 0 heterocycles. The summed E-state index contributed by atoms with van der Waals surface area (Å²) >= 11 is 3.21. The summed E-state index contributed by atoms with van der Waals surface area (Å²) < 4.78 is 0.559. The van der Waals surface area contributed by atoms with Gasteiger partial charge in [0.15, 0.2) is 5.75 Å². The molecule has 0 aliphatic heterocycles. The quantitative estimate of drug-likeness (QED) is 0.745. The Labute approximate surface area is 103 Å². The summed E-state index contributed by atoms with van der Waals surface area (Å²) in [7, 11) is 0. The van der Waals surface area contributed by atoms with Gasteiger partial charge in [0.25, 0.3) is 0 Å². The number of benzene rings is 1. The molecule has 0 aliphatic carbocycles. The summed E-state index contributed by atoms with van der Waals surface area (Å²) in [5.74, 6) is -0.175. The van der Waals surface area contributed by atoms with E-state index in [1.807, 2.05) is 6.92 Å². The van der Waals surface area contributed by atoms with E-state index in [-0.39, 0.29) is 24.1 Å². The number of hydrogen-bond acceptors (Lipinski definition) is 3. The van der Waals surface area contributed by atoms with Gasteiger partial charge in [0.1, 0.15) is 0 Å². The minimum absolute atomic E-state index is 0.0311. The normalized spacial score (nSPS) is 12.2. The Morgan fingerprint density at radius 2 is 2.25 bits per heavy atom. The summed E-state index contributed by atoms with van der Waals surface area (Å²) in [6.45, 7) is 3.64. The van der Waals surface area contributed by atoms with Crippen molar-refractivity contribution in [3.05, 3.63) is 22.2 Å². The first-order valence-corrected chi connectivity index (χ1v) is 5.74.